The van der Waals surface area contributed by atoms with Crippen LogP contribution in [0.5, 0.6) is 11.5 Å². The number of benzene rings is 2. The maximum Gasteiger partial charge on any atom is 0.282 e. The fourth-order valence-corrected chi connectivity index (χ4v) is 3.39. The molecule has 174 valence electrons. The summed E-state index contributed by atoms with van der Waals surface area (Å²) in [5, 5.41) is 18.7. The highest BCUT2D eigenvalue weighted by molar-refractivity contribution is 5.87. The number of ether oxygens (including phenoxy) is 3. The summed E-state index contributed by atoms with van der Waals surface area (Å²) >= 11 is 0. The minimum atomic E-state index is -0.509. The number of nitrogens with one attached hydrogen (secondary N) is 2. The van der Waals surface area contributed by atoms with Gasteiger partial charge in [-0.1, -0.05) is 18.2 Å². The molecule has 0 unspecified atom stereocenters. The van der Waals surface area contributed by atoms with Gasteiger partial charge in [0.15, 0.2) is 11.5 Å². The summed E-state index contributed by atoms with van der Waals surface area (Å²) in [5.74, 6) is 1.70. The minimum absolute atomic E-state index is 0.0116. The molecule has 0 spiro atoms. The standard InChI is InChI=1S/C21H20N8O5/c30-29(31)16-11-18-17(33-13-34-18)10-14(16)12-22-27-20-24-19(23-15-4-2-1-3-5-15)25-21(26-20)28-6-8-32-9-7-28/h1-5,10-12H,6-9,13H2,(H2,23,24,25,26,27)/b22-12+. The summed E-state index contributed by atoms with van der Waals surface area (Å²) in [7, 11) is 0. The lowest BCUT2D eigenvalue weighted by molar-refractivity contribution is -0.385. The van der Waals surface area contributed by atoms with Crippen molar-refractivity contribution in [1.82, 2.24) is 15.0 Å². The molecule has 0 bridgehead atoms. The van der Waals surface area contributed by atoms with Crippen LogP contribution in [-0.4, -0.2) is 59.2 Å². The van der Waals surface area contributed by atoms with Crippen LogP contribution in [0.25, 0.3) is 0 Å². The van der Waals surface area contributed by atoms with Crippen molar-refractivity contribution in [3.63, 3.8) is 0 Å². The molecule has 1 aromatic heterocycles. The number of nitro groups is 1. The number of para-hydroxylation sites is 1. The van der Waals surface area contributed by atoms with Gasteiger partial charge in [0.25, 0.3) is 5.69 Å². The highest BCUT2D eigenvalue weighted by atomic mass is 16.7. The topological polar surface area (TPSA) is 149 Å². The number of morpholine rings is 1. The number of nitrogens with zero attached hydrogens (tertiary/aromatic N) is 6. The van der Waals surface area contributed by atoms with Gasteiger partial charge in [-0.05, 0) is 18.2 Å². The second-order valence-electron chi connectivity index (χ2n) is 7.26. The highest BCUT2D eigenvalue weighted by Gasteiger charge is 2.22. The van der Waals surface area contributed by atoms with Crippen molar-refractivity contribution in [3.8, 4) is 11.5 Å². The van der Waals surface area contributed by atoms with Crippen LogP contribution in [0, 0.1) is 10.1 Å². The Bertz CT molecular complexity index is 1220. The molecule has 5 rings (SSSR count). The minimum Gasteiger partial charge on any atom is -0.454 e. The predicted octanol–water partition coefficient (Wildman–Crippen LogP) is 2.53. The summed E-state index contributed by atoms with van der Waals surface area (Å²) < 4.78 is 15.9. The Morgan fingerprint density at radius 2 is 1.76 bits per heavy atom. The van der Waals surface area contributed by atoms with E-state index in [9.17, 15) is 10.1 Å². The summed E-state index contributed by atoms with van der Waals surface area (Å²) in [6.07, 6.45) is 1.31. The van der Waals surface area contributed by atoms with Gasteiger partial charge in [-0.2, -0.15) is 20.1 Å². The third-order valence-corrected chi connectivity index (χ3v) is 5.03. The van der Waals surface area contributed by atoms with Crippen LogP contribution in [0.15, 0.2) is 47.6 Å². The quantitative estimate of drug-likeness (QED) is 0.302. The SMILES string of the molecule is O=[N+]([O-])c1cc2c(cc1/C=N/Nc1nc(Nc3ccccc3)nc(N3CCOCC3)n1)OCO2. The Morgan fingerprint density at radius 3 is 2.53 bits per heavy atom. The average Bonchev–Trinajstić information content (AvgIpc) is 3.32. The number of rotatable bonds is 7. The molecule has 0 atom stereocenters. The van der Waals surface area contributed by atoms with Gasteiger partial charge in [0.05, 0.1) is 36.0 Å². The van der Waals surface area contributed by atoms with Gasteiger partial charge in [-0.15, -0.1) is 0 Å². The summed E-state index contributed by atoms with van der Waals surface area (Å²) in [5.41, 5.74) is 3.64. The van der Waals surface area contributed by atoms with E-state index in [1.807, 2.05) is 35.2 Å². The van der Waals surface area contributed by atoms with Crippen molar-refractivity contribution >= 4 is 35.4 Å². The van der Waals surface area contributed by atoms with Crippen molar-refractivity contribution < 1.29 is 19.1 Å². The van der Waals surface area contributed by atoms with Crippen molar-refractivity contribution in [2.75, 3.05) is 48.7 Å². The second-order valence-corrected chi connectivity index (χ2v) is 7.26. The number of aromatic nitrogens is 3. The maximum atomic E-state index is 11.5. The molecule has 0 aliphatic carbocycles. The third-order valence-electron chi connectivity index (χ3n) is 5.03. The van der Waals surface area contributed by atoms with E-state index < -0.39 is 4.92 Å². The molecule has 2 N–H and O–H groups in total. The molecule has 0 saturated carbocycles. The van der Waals surface area contributed by atoms with Crippen LogP contribution in [0.1, 0.15) is 5.56 Å². The number of anilines is 4. The van der Waals surface area contributed by atoms with E-state index >= 15 is 0 Å². The Balaban J connectivity index is 1.41. The first-order valence-corrected chi connectivity index (χ1v) is 10.4. The second kappa shape index (κ2) is 9.54. The molecule has 2 aliphatic heterocycles. The van der Waals surface area contributed by atoms with Crippen molar-refractivity contribution in [2.45, 2.75) is 0 Å². The lowest BCUT2D eigenvalue weighted by Gasteiger charge is -2.27. The average molecular weight is 464 g/mol. The zero-order valence-corrected chi connectivity index (χ0v) is 17.9. The van der Waals surface area contributed by atoms with Crippen LogP contribution in [0.3, 0.4) is 0 Å². The lowest BCUT2D eigenvalue weighted by atomic mass is 10.1. The maximum absolute atomic E-state index is 11.5. The lowest BCUT2D eigenvalue weighted by Crippen LogP contribution is -2.37. The van der Waals surface area contributed by atoms with E-state index in [0.717, 1.165) is 5.69 Å². The fourth-order valence-electron chi connectivity index (χ4n) is 3.39. The Morgan fingerprint density at radius 1 is 1.03 bits per heavy atom. The van der Waals surface area contributed by atoms with Gasteiger partial charge in [0.2, 0.25) is 24.6 Å². The van der Waals surface area contributed by atoms with E-state index in [2.05, 4.69) is 30.8 Å². The van der Waals surface area contributed by atoms with Crippen molar-refractivity contribution in [3.05, 3.63) is 58.1 Å². The van der Waals surface area contributed by atoms with Gasteiger partial charge < -0.3 is 24.4 Å². The molecule has 0 radical (unpaired) electrons. The number of hydrogen-bond acceptors (Lipinski definition) is 12. The molecule has 34 heavy (non-hydrogen) atoms. The molecule has 0 amide bonds. The summed E-state index contributed by atoms with van der Waals surface area (Å²) in [6, 6.07) is 12.3. The molecule has 1 saturated heterocycles. The first kappa shape index (κ1) is 21.3. The van der Waals surface area contributed by atoms with E-state index in [1.165, 1.54) is 18.3 Å². The van der Waals surface area contributed by atoms with Crippen molar-refractivity contribution in [1.29, 1.82) is 0 Å². The molecule has 3 aromatic rings. The van der Waals surface area contributed by atoms with Crippen molar-refractivity contribution in [2.24, 2.45) is 5.10 Å². The molecular weight excluding hydrogens is 444 g/mol. The van der Waals surface area contributed by atoms with Gasteiger partial charge >= 0.3 is 0 Å². The summed E-state index contributed by atoms with van der Waals surface area (Å²) in [6.45, 7) is 2.43. The van der Waals surface area contributed by atoms with Gasteiger partial charge in [0, 0.05) is 18.8 Å². The third kappa shape index (κ3) is 4.78. The highest BCUT2D eigenvalue weighted by Crippen LogP contribution is 2.37. The molecule has 13 nitrogen and oxygen atoms in total. The van der Waals surface area contributed by atoms with Crippen LogP contribution in [-0.2, 0) is 4.74 Å². The fraction of sp³-hybridized carbons (Fsp3) is 0.238. The summed E-state index contributed by atoms with van der Waals surface area (Å²) in [4.78, 5) is 26.3. The largest absolute Gasteiger partial charge is 0.454 e. The van der Waals surface area contributed by atoms with Gasteiger partial charge in [-0.25, -0.2) is 5.43 Å². The van der Waals surface area contributed by atoms with Gasteiger partial charge in [-0.3, -0.25) is 10.1 Å². The normalized spacial score (nSPS) is 14.9. The number of nitro benzene ring substituents is 1. The molecular formula is C21H20N8O5. The zero-order chi connectivity index (χ0) is 23.3. The van der Waals surface area contributed by atoms with E-state index in [0.29, 0.717) is 49.7 Å². The van der Waals surface area contributed by atoms with Crippen LogP contribution in [0.2, 0.25) is 0 Å². The first-order valence-electron chi connectivity index (χ1n) is 10.4. The van der Waals surface area contributed by atoms with E-state index in [1.54, 1.807) is 0 Å². The molecule has 2 aromatic carbocycles. The Hall–Kier alpha value is -4.52. The van der Waals surface area contributed by atoms with E-state index in [4.69, 9.17) is 14.2 Å². The van der Waals surface area contributed by atoms with Crippen LogP contribution < -0.4 is 25.1 Å². The molecule has 13 heteroatoms. The Kier molecular flexibility index (Phi) is 5.99. The van der Waals surface area contributed by atoms with E-state index in [-0.39, 0.29) is 24.0 Å². The van der Waals surface area contributed by atoms with Crippen LogP contribution >= 0.6 is 0 Å². The number of hydrazone groups is 1. The van der Waals surface area contributed by atoms with Gasteiger partial charge in [0.1, 0.15) is 0 Å². The zero-order valence-electron chi connectivity index (χ0n) is 17.9. The number of fused-ring (bicyclic) bond motifs is 1. The molecule has 1 fully saturated rings. The molecule has 2 aliphatic rings. The van der Waals surface area contributed by atoms with Crippen LogP contribution in [0.4, 0.5) is 29.2 Å². The number of hydrogen-bond donors (Lipinski definition) is 2. The monoisotopic (exact) mass is 464 g/mol. The molecule has 3 heterocycles. The Labute approximate surface area is 193 Å². The smallest absolute Gasteiger partial charge is 0.282 e. The predicted molar refractivity (Wildman–Crippen MR) is 123 cm³/mol. The first-order chi connectivity index (χ1) is 16.7.